The number of carbonyl (C=O) groups is 1. The van der Waals surface area contributed by atoms with Gasteiger partial charge < -0.3 is 0 Å². The van der Waals surface area contributed by atoms with Crippen LogP contribution in [-0.4, -0.2) is 20.7 Å². The number of aromatic nitrogens is 3. The maximum atomic E-state index is 10.7. The summed E-state index contributed by atoms with van der Waals surface area (Å²) in [5, 5.41) is 0. The first kappa shape index (κ1) is 11.1. The number of rotatable bonds is 2. The SMILES string of the molecule is O=Cc1ccn2c(-c3cccc(Br)n3)cnc2c1. The molecule has 0 spiro atoms. The Hall–Kier alpha value is -2.01. The van der Waals surface area contributed by atoms with Gasteiger partial charge >= 0.3 is 0 Å². The summed E-state index contributed by atoms with van der Waals surface area (Å²) >= 11 is 3.35. The molecule has 3 rings (SSSR count). The molecule has 0 aliphatic rings. The highest BCUT2D eigenvalue weighted by Crippen LogP contribution is 2.20. The molecule has 0 saturated carbocycles. The first-order valence-electron chi connectivity index (χ1n) is 5.33. The lowest BCUT2D eigenvalue weighted by Gasteiger charge is -2.01. The normalized spacial score (nSPS) is 10.7. The highest BCUT2D eigenvalue weighted by atomic mass is 79.9. The summed E-state index contributed by atoms with van der Waals surface area (Å²) in [5.41, 5.74) is 3.07. The first-order chi connectivity index (χ1) is 8.78. The third kappa shape index (κ3) is 1.82. The molecule has 88 valence electrons. The van der Waals surface area contributed by atoms with E-state index in [1.54, 1.807) is 18.3 Å². The van der Waals surface area contributed by atoms with Crippen molar-refractivity contribution < 1.29 is 4.79 Å². The van der Waals surface area contributed by atoms with Crippen LogP contribution >= 0.6 is 15.9 Å². The molecule has 3 heterocycles. The fourth-order valence-electron chi connectivity index (χ4n) is 1.81. The van der Waals surface area contributed by atoms with E-state index in [0.717, 1.165) is 27.9 Å². The molecule has 4 nitrogen and oxygen atoms in total. The lowest BCUT2D eigenvalue weighted by molar-refractivity contribution is 0.112. The van der Waals surface area contributed by atoms with Crippen LogP contribution < -0.4 is 0 Å². The smallest absolute Gasteiger partial charge is 0.150 e. The Bertz CT molecular complexity index is 736. The van der Waals surface area contributed by atoms with Crippen molar-refractivity contribution in [1.29, 1.82) is 0 Å². The van der Waals surface area contributed by atoms with Crippen LogP contribution in [0.4, 0.5) is 0 Å². The Morgan fingerprint density at radius 3 is 2.94 bits per heavy atom. The van der Waals surface area contributed by atoms with Crippen molar-refractivity contribution in [3.8, 4) is 11.4 Å². The maximum Gasteiger partial charge on any atom is 0.150 e. The average molecular weight is 302 g/mol. The topological polar surface area (TPSA) is 47.3 Å². The van der Waals surface area contributed by atoms with Gasteiger partial charge in [-0.1, -0.05) is 6.07 Å². The second-order valence-electron chi connectivity index (χ2n) is 3.80. The summed E-state index contributed by atoms with van der Waals surface area (Å²) in [6.45, 7) is 0. The standard InChI is InChI=1S/C13H8BrN3O/c14-12-3-1-2-10(16-12)11-7-15-13-6-9(8-18)4-5-17(11)13/h1-8H. The van der Waals surface area contributed by atoms with Gasteiger partial charge in [0.2, 0.25) is 0 Å². The molecule has 0 saturated heterocycles. The van der Waals surface area contributed by atoms with Gasteiger partial charge in [0.1, 0.15) is 16.5 Å². The van der Waals surface area contributed by atoms with Crippen molar-refractivity contribution in [1.82, 2.24) is 14.4 Å². The van der Waals surface area contributed by atoms with E-state index in [1.807, 2.05) is 28.8 Å². The first-order valence-corrected chi connectivity index (χ1v) is 6.12. The van der Waals surface area contributed by atoms with Crippen molar-refractivity contribution in [3.05, 3.63) is 52.9 Å². The molecule has 0 atom stereocenters. The zero-order valence-electron chi connectivity index (χ0n) is 9.25. The fourth-order valence-corrected chi connectivity index (χ4v) is 2.15. The van der Waals surface area contributed by atoms with E-state index in [0.29, 0.717) is 5.56 Å². The van der Waals surface area contributed by atoms with Crippen LogP contribution in [-0.2, 0) is 0 Å². The maximum absolute atomic E-state index is 10.7. The molecule has 0 unspecified atom stereocenters. The molecular weight excluding hydrogens is 294 g/mol. The molecular formula is C13H8BrN3O. The van der Waals surface area contributed by atoms with Crippen LogP contribution in [0, 0.1) is 0 Å². The Labute approximate surface area is 111 Å². The van der Waals surface area contributed by atoms with Gasteiger partial charge in [0.05, 0.1) is 17.6 Å². The summed E-state index contributed by atoms with van der Waals surface area (Å²) in [7, 11) is 0. The van der Waals surface area contributed by atoms with E-state index in [-0.39, 0.29) is 0 Å². The van der Waals surface area contributed by atoms with E-state index in [1.165, 1.54) is 0 Å². The summed E-state index contributed by atoms with van der Waals surface area (Å²) < 4.78 is 2.68. The van der Waals surface area contributed by atoms with E-state index in [4.69, 9.17) is 0 Å². The number of aldehydes is 1. The van der Waals surface area contributed by atoms with Crippen LogP contribution in [0.2, 0.25) is 0 Å². The van der Waals surface area contributed by atoms with Gasteiger partial charge in [0.15, 0.2) is 0 Å². The van der Waals surface area contributed by atoms with Gasteiger partial charge in [-0.3, -0.25) is 9.20 Å². The summed E-state index contributed by atoms with van der Waals surface area (Å²) in [5.74, 6) is 0. The molecule has 0 amide bonds. The lowest BCUT2D eigenvalue weighted by atomic mass is 10.2. The average Bonchev–Trinajstić information content (AvgIpc) is 2.81. The fraction of sp³-hybridized carbons (Fsp3) is 0. The zero-order chi connectivity index (χ0) is 12.5. The number of halogens is 1. The van der Waals surface area contributed by atoms with Crippen LogP contribution in [0.5, 0.6) is 0 Å². The van der Waals surface area contributed by atoms with Crippen molar-refractivity contribution >= 4 is 27.9 Å². The van der Waals surface area contributed by atoms with Gasteiger partial charge in [-0.25, -0.2) is 9.97 Å². The Kier molecular flexibility index (Phi) is 2.68. The van der Waals surface area contributed by atoms with Gasteiger partial charge in [-0.15, -0.1) is 0 Å². The monoisotopic (exact) mass is 301 g/mol. The van der Waals surface area contributed by atoms with Crippen LogP contribution in [0.25, 0.3) is 17.0 Å². The molecule has 0 bridgehead atoms. The molecule has 0 fully saturated rings. The Morgan fingerprint density at radius 2 is 2.17 bits per heavy atom. The number of hydrogen-bond acceptors (Lipinski definition) is 3. The van der Waals surface area contributed by atoms with Crippen molar-refractivity contribution in [3.63, 3.8) is 0 Å². The van der Waals surface area contributed by atoms with E-state index < -0.39 is 0 Å². The number of imidazole rings is 1. The van der Waals surface area contributed by atoms with Gasteiger partial charge in [0.25, 0.3) is 0 Å². The predicted octanol–water partition coefficient (Wildman–Crippen LogP) is 2.97. The summed E-state index contributed by atoms with van der Waals surface area (Å²) in [6.07, 6.45) is 4.38. The number of hydrogen-bond donors (Lipinski definition) is 0. The minimum atomic E-state index is 0.613. The molecule has 0 aliphatic carbocycles. The Morgan fingerprint density at radius 1 is 1.28 bits per heavy atom. The molecule has 0 aromatic carbocycles. The second kappa shape index (κ2) is 4.34. The van der Waals surface area contributed by atoms with E-state index in [2.05, 4.69) is 25.9 Å². The molecule has 3 aromatic rings. The second-order valence-corrected chi connectivity index (χ2v) is 4.61. The molecule has 0 aliphatic heterocycles. The minimum Gasteiger partial charge on any atom is -0.298 e. The summed E-state index contributed by atoms with van der Waals surface area (Å²) in [4.78, 5) is 19.4. The molecule has 3 aromatic heterocycles. The Balaban J connectivity index is 2.21. The molecule has 5 heteroatoms. The van der Waals surface area contributed by atoms with Gasteiger partial charge in [-0.2, -0.15) is 0 Å². The number of nitrogens with zero attached hydrogens (tertiary/aromatic N) is 3. The highest BCUT2D eigenvalue weighted by molar-refractivity contribution is 9.10. The zero-order valence-corrected chi connectivity index (χ0v) is 10.8. The third-order valence-electron chi connectivity index (χ3n) is 2.65. The quantitative estimate of drug-likeness (QED) is 0.540. The van der Waals surface area contributed by atoms with Crippen molar-refractivity contribution in [2.45, 2.75) is 0 Å². The summed E-state index contributed by atoms with van der Waals surface area (Å²) in [6, 6.07) is 9.21. The largest absolute Gasteiger partial charge is 0.298 e. The number of fused-ring (bicyclic) bond motifs is 1. The molecule has 0 radical (unpaired) electrons. The van der Waals surface area contributed by atoms with Crippen LogP contribution in [0.15, 0.2) is 47.3 Å². The van der Waals surface area contributed by atoms with Crippen molar-refractivity contribution in [2.24, 2.45) is 0 Å². The number of pyridine rings is 2. The highest BCUT2D eigenvalue weighted by Gasteiger charge is 2.07. The molecule has 18 heavy (non-hydrogen) atoms. The van der Waals surface area contributed by atoms with Crippen LogP contribution in [0.1, 0.15) is 10.4 Å². The lowest BCUT2D eigenvalue weighted by Crippen LogP contribution is -1.91. The van der Waals surface area contributed by atoms with E-state index in [9.17, 15) is 4.79 Å². The van der Waals surface area contributed by atoms with Gasteiger partial charge in [-0.05, 0) is 40.2 Å². The predicted molar refractivity (Wildman–Crippen MR) is 71.5 cm³/mol. The van der Waals surface area contributed by atoms with E-state index >= 15 is 0 Å². The minimum absolute atomic E-state index is 0.613. The van der Waals surface area contributed by atoms with Crippen molar-refractivity contribution in [2.75, 3.05) is 0 Å². The van der Waals surface area contributed by atoms with Crippen LogP contribution in [0.3, 0.4) is 0 Å². The van der Waals surface area contributed by atoms with Gasteiger partial charge in [0, 0.05) is 11.8 Å². The third-order valence-corrected chi connectivity index (χ3v) is 3.09. The molecule has 0 N–H and O–H groups in total. The number of carbonyl (C=O) groups excluding carboxylic acids is 1.